The monoisotopic (exact) mass is 363 g/mol. The van der Waals surface area contributed by atoms with E-state index < -0.39 is 0 Å². The maximum absolute atomic E-state index is 13.0. The lowest BCUT2D eigenvalue weighted by atomic mass is 9.75. The molecule has 1 spiro atoms. The lowest BCUT2D eigenvalue weighted by Gasteiger charge is -2.37. The summed E-state index contributed by atoms with van der Waals surface area (Å²) in [5.41, 5.74) is 1.43. The van der Waals surface area contributed by atoms with Crippen molar-refractivity contribution in [3.05, 3.63) is 66.0 Å². The van der Waals surface area contributed by atoms with Crippen molar-refractivity contribution in [2.24, 2.45) is 5.41 Å². The number of piperidine rings is 1. The Morgan fingerprint density at radius 3 is 2.48 bits per heavy atom. The fourth-order valence-corrected chi connectivity index (χ4v) is 4.52. The Bertz CT molecular complexity index is 814. The Balaban J connectivity index is 1.43. The second-order valence-electron chi connectivity index (χ2n) is 7.75. The van der Waals surface area contributed by atoms with Gasteiger partial charge in [0.05, 0.1) is 5.41 Å². The minimum Gasteiger partial charge on any atom is -0.342 e. The van der Waals surface area contributed by atoms with Crippen molar-refractivity contribution in [2.75, 3.05) is 20.1 Å². The van der Waals surface area contributed by atoms with Gasteiger partial charge >= 0.3 is 0 Å². The smallest absolute Gasteiger partial charge is 0.272 e. The summed E-state index contributed by atoms with van der Waals surface area (Å²) in [5, 5.41) is 0. The number of carbonyl (C=O) groups excluding carboxylic acids is 2. The van der Waals surface area contributed by atoms with Crippen LogP contribution >= 0.6 is 0 Å². The number of carbonyl (C=O) groups is 2. The van der Waals surface area contributed by atoms with E-state index in [1.54, 1.807) is 12.3 Å². The van der Waals surface area contributed by atoms with Gasteiger partial charge in [0.2, 0.25) is 5.91 Å². The van der Waals surface area contributed by atoms with E-state index in [4.69, 9.17) is 0 Å². The molecule has 3 heterocycles. The molecule has 1 aromatic carbocycles. The summed E-state index contributed by atoms with van der Waals surface area (Å²) in [6.45, 7) is 1.24. The number of rotatable bonds is 3. The van der Waals surface area contributed by atoms with E-state index in [2.05, 4.69) is 17.1 Å². The van der Waals surface area contributed by atoms with E-state index in [-0.39, 0.29) is 23.3 Å². The molecule has 2 aliphatic heterocycles. The highest BCUT2D eigenvalue weighted by molar-refractivity contribution is 5.92. The molecule has 5 heteroatoms. The van der Waals surface area contributed by atoms with Crippen molar-refractivity contribution in [1.29, 1.82) is 0 Å². The third-order valence-corrected chi connectivity index (χ3v) is 6.15. The quantitative estimate of drug-likeness (QED) is 0.843. The van der Waals surface area contributed by atoms with Gasteiger partial charge in [-0.05, 0) is 43.4 Å². The summed E-state index contributed by atoms with van der Waals surface area (Å²) in [6.07, 6.45) is 4.88. The van der Waals surface area contributed by atoms with Crippen LogP contribution in [0.5, 0.6) is 0 Å². The van der Waals surface area contributed by atoms with E-state index in [1.165, 1.54) is 5.56 Å². The van der Waals surface area contributed by atoms with E-state index in [1.807, 2.05) is 47.2 Å². The standard InChI is InChI=1S/C22H25N3O2/c1-24-18(15-17-7-3-2-4-8-17)16-22(21(24)27)10-13-25(14-11-22)20(26)19-9-5-6-12-23-19/h2-9,12,18H,10-11,13-16H2,1H3. The van der Waals surface area contributed by atoms with Gasteiger partial charge in [-0.1, -0.05) is 36.4 Å². The zero-order valence-corrected chi connectivity index (χ0v) is 15.7. The zero-order chi connectivity index (χ0) is 18.9. The first-order valence-corrected chi connectivity index (χ1v) is 9.61. The molecule has 0 bridgehead atoms. The number of aromatic nitrogens is 1. The molecule has 0 aliphatic carbocycles. The molecular formula is C22H25N3O2. The summed E-state index contributed by atoms with van der Waals surface area (Å²) in [4.78, 5) is 33.6. The van der Waals surface area contributed by atoms with Gasteiger partial charge in [-0.3, -0.25) is 14.6 Å². The van der Waals surface area contributed by atoms with Crippen LogP contribution < -0.4 is 0 Å². The van der Waals surface area contributed by atoms with Gasteiger partial charge in [0, 0.05) is 32.4 Å². The zero-order valence-electron chi connectivity index (χ0n) is 15.7. The fraction of sp³-hybridized carbons (Fsp3) is 0.409. The van der Waals surface area contributed by atoms with Gasteiger partial charge < -0.3 is 9.80 Å². The number of hydrogen-bond donors (Lipinski definition) is 0. The highest BCUT2D eigenvalue weighted by atomic mass is 16.2. The summed E-state index contributed by atoms with van der Waals surface area (Å²) >= 11 is 0. The molecule has 0 N–H and O–H groups in total. The van der Waals surface area contributed by atoms with E-state index in [9.17, 15) is 9.59 Å². The normalized spacial score (nSPS) is 21.7. The van der Waals surface area contributed by atoms with Crippen molar-refractivity contribution >= 4 is 11.8 Å². The van der Waals surface area contributed by atoms with Crippen LogP contribution in [-0.4, -0.2) is 52.8 Å². The number of likely N-dealkylation sites (N-methyl/N-ethyl adjacent to an activating group) is 1. The predicted octanol–water partition coefficient (Wildman–Crippen LogP) is 2.78. The molecule has 140 valence electrons. The number of hydrogen-bond acceptors (Lipinski definition) is 3. The average Bonchev–Trinajstić information content (AvgIpc) is 2.94. The molecular weight excluding hydrogens is 338 g/mol. The third kappa shape index (κ3) is 3.34. The number of likely N-dealkylation sites (tertiary alicyclic amines) is 2. The van der Waals surface area contributed by atoms with Crippen LogP contribution in [0.3, 0.4) is 0 Å². The van der Waals surface area contributed by atoms with Gasteiger partial charge in [0.15, 0.2) is 0 Å². The van der Waals surface area contributed by atoms with Crippen molar-refractivity contribution in [1.82, 2.24) is 14.8 Å². The van der Waals surface area contributed by atoms with Crippen molar-refractivity contribution < 1.29 is 9.59 Å². The summed E-state index contributed by atoms with van der Waals surface area (Å²) in [6, 6.07) is 16.0. The Hall–Kier alpha value is -2.69. The van der Waals surface area contributed by atoms with Crippen molar-refractivity contribution in [3.63, 3.8) is 0 Å². The van der Waals surface area contributed by atoms with Crippen LogP contribution in [0.1, 0.15) is 35.3 Å². The molecule has 2 aliphatic rings. The number of benzene rings is 1. The van der Waals surface area contributed by atoms with Crippen LogP contribution in [0.2, 0.25) is 0 Å². The molecule has 2 aromatic rings. The Morgan fingerprint density at radius 2 is 1.81 bits per heavy atom. The minimum atomic E-state index is -0.310. The number of pyridine rings is 1. The van der Waals surface area contributed by atoms with Gasteiger partial charge in [-0.15, -0.1) is 0 Å². The molecule has 2 fully saturated rings. The molecule has 2 amide bonds. The Kier molecular flexibility index (Phi) is 4.68. The van der Waals surface area contributed by atoms with Gasteiger partial charge in [-0.2, -0.15) is 0 Å². The van der Waals surface area contributed by atoms with Gasteiger partial charge in [-0.25, -0.2) is 0 Å². The lowest BCUT2D eigenvalue weighted by molar-refractivity contribution is -0.137. The molecule has 0 radical (unpaired) electrons. The highest BCUT2D eigenvalue weighted by Gasteiger charge is 2.51. The van der Waals surface area contributed by atoms with Gasteiger partial charge in [0.1, 0.15) is 5.69 Å². The minimum absolute atomic E-state index is 0.0370. The maximum Gasteiger partial charge on any atom is 0.272 e. The highest BCUT2D eigenvalue weighted by Crippen LogP contribution is 2.44. The number of nitrogens with zero attached hydrogens (tertiary/aromatic N) is 3. The second-order valence-corrected chi connectivity index (χ2v) is 7.75. The number of amides is 2. The lowest BCUT2D eigenvalue weighted by Crippen LogP contribution is -2.46. The molecule has 4 rings (SSSR count). The van der Waals surface area contributed by atoms with Crippen molar-refractivity contribution in [2.45, 2.75) is 31.7 Å². The Labute approximate surface area is 160 Å². The third-order valence-electron chi connectivity index (χ3n) is 6.15. The van der Waals surface area contributed by atoms with Crippen LogP contribution in [-0.2, 0) is 11.2 Å². The first-order chi connectivity index (χ1) is 13.1. The maximum atomic E-state index is 13.0. The predicted molar refractivity (Wildman–Crippen MR) is 103 cm³/mol. The molecule has 0 saturated carbocycles. The Morgan fingerprint density at radius 1 is 1.11 bits per heavy atom. The largest absolute Gasteiger partial charge is 0.342 e. The SMILES string of the molecule is CN1C(=O)C2(CCN(C(=O)c3ccccn3)CC2)CC1Cc1ccccc1. The first kappa shape index (κ1) is 17.7. The molecule has 27 heavy (non-hydrogen) atoms. The second kappa shape index (κ2) is 7.14. The van der Waals surface area contributed by atoms with Crippen LogP contribution in [0.15, 0.2) is 54.7 Å². The van der Waals surface area contributed by atoms with Crippen molar-refractivity contribution in [3.8, 4) is 0 Å². The fourth-order valence-electron chi connectivity index (χ4n) is 4.52. The van der Waals surface area contributed by atoms with Crippen LogP contribution in [0.25, 0.3) is 0 Å². The summed E-state index contributed by atoms with van der Waals surface area (Å²) < 4.78 is 0. The first-order valence-electron chi connectivity index (χ1n) is 9.61. The molecule has 1 unspecified atom stereocenters. The van der Waals surface area contributed by atoms with E-state index in [0.29, 0.717) is 18.8 Å². The summed E-state index contributed by atoms with van der Waals surface area (Å²) in [7, 11) is 1.93. The average molecular weight is 363 g/mol. The molecule has 1 atom stereocenters. The topological polar surface area (TPSA) is 53.5 Å². The summed E-state index contributed by atoms with van der Waals surface area (Å²) in [5.74, 6) is 0.207. The van der Waals surface area contributed by atoms with E-state index in [0.717, 1.165) is 25.7 Å². The molecule has 5 nitrogen and oxygen atoms in total. The van der Waals surface area contributed by atoms with E-state index >= 15 is 0 Å². The van der Waals surface area contributed by atoms with Crippen LogP contribution in [0.4, 0.5) is 0 Å². The van der Waals surface area contributed by atoms with Crippen LogP contribution in [0, 0.1) is 5.41 Å². The molecule has 1 aromatic heterocycles. The van der Waals surface area contributed by atoms with Gasteiger partial charge in [0.25, 0.3) is 5.91 Å². The molecule has 2 saturated heterocycles.